The number of ether oxygens (including phenoxy) is 1. The second-order valence-electron chi connectivity index (χ2n) is 4.50. The van der Waals surface area contributed by atoms with Crippen LogP contribution in [0.15, 0.2) is 24.3 Å². The van der Waals surface area contributed by atoms with E-state index in [2.05, 4.69) is 12.0 Å². The normalized spacial score (nSPS) is 10.5. The molecule has 0 unspecified atom stereocenters. The summed E-state index contributed by atoms with van der Waals surface area (Å²) >= 11 is 0. The van der Waals surface area contributed by atoms with E-state index in [0.29, 0.717) is 17.9 Å². The van der Waals surface area contributed by atoms with Crippen LogP contribution in [-0.4, -0.2) is 16.1 Å². The molecule has 0 saturated heterocycles. The highest BCUT2D eigenvalue weighted by Crippen LogP contribution is 2.23. The van der Waals surface area contributed by atoms with Crippen molar-refractivity contribution < 1.29 is 9.53 Å². The molecule has 2 rings (SSSR count). The fraction of sp³-hybridized carbons (Fsp3) is 0.333. The number of hydrogen-bond acceptors (Lipinski definition) is 3. The highest BCUT2D eigenvalue weighted by Gasteiger charge is 2.09. The van der Waals surface area contributed by atoms with Gasteiger partial charge in [-0.1, -0.05) is 19.1 Å². The van der Waals surface area contributed by atoms with E-state index in [4.69, 9.17) is 4.74 Å². The summed E-state index contributed by atoms with van der Waals surface area (Å²) in [7, 11) is 1.90. The highest BCUT2D eigenvalue weighted by molar-refractivity contribution is 5.80. The van der Waals surface area contributed by atoms with Crippen molar-refractivity contribution in [3.05, 3.63) is 46.8 Å². The average molecular weight is 258 g/mol. The molecule has 0 fully saturated rings. The first-order valence-corrected chi connectivity index (χ1v) is 6.35. The lowest BCUT2D eigenvalue weighted by Crippen LogP contribution is -2.05. The van der Waals surface area contributed by atoms with Crippen molar-refractivity contribution in [3.63, 3.8) is 0 Å². The Hall–Kier alpha value is -2.10. The largest absolute Gasteiger partial charge is 0.486 e. The molecular weight excluding hydrogens is 240 g/mol. The molecule has 0 aliphatic heterocycles. The number of benzene rings is 1. The third-order valence-corrected chi connectivity index (χ3v) is 3.12. The third kappa shape index (κ3) is 2.84. The fourth-order valence-electron chi connectivity index (χ4n) is 1.99. The van der Waals surface area contributed by atoms with Crippen LogP contribution in [0.4, 0.5) is 0 Å². The molecule has 1 aromatic heterocycles. The molecule has 0 saturated carbocycles. The van der Waals surface area contributed by atoms with Gasteiger partial charge in [0.15, 0.2) is 6.29 Å². The number of para-hydroxylation sites is 1. The Labute approximate surface area is 113 Å². The molecule has 1 heterocycles. The molecule has 0 spiro atoms. The van der Waals surface area contributed by atoms with Crippen molar-refractivity contribution >= 4 is 6.29 Å². The van der Waals surface area contributed by atoms with Crippen LogP contribution in [0, 0.1) is 6.92 Å². The number of aromatic nitrogens is 2. The van der Waals surface area contributed by atoms with Crippen LogP contribution in [0.1, 0.15) is 34.2 Å². The maximum Gasteiger partial charge on any atom is 0.153 e. The van der Waals surface area contributed by atoms with Crippen molar-refractivity contribution in [3.8, 4) is 5.75 Å². The van der Waals surface area contributed by atoms with Crippen LogP contribution in [0.2, 0.25) is 0 Å². The van der Waals surface area contributed by atoms with Gasteiger partial charge in [0.25, 0.3) is 0 Å². The van der Waals surface area contributed by atoms with Gasteiger partial charge in [-0.05, 0) is 31.0 Å². The number of aldehydes is 1. The molecule has 0 radical (unpaired) electrons. The molecule has 2 aromatic rings. The molecule has 4 heteroatoms. The van der Waals surface area contributed by atoms with Crippen LogP contribution >= 0.6 is 0 Å². The van der Waals surface area contributed by atoms with Crippen molar-refractivity contribution in [2.24, 2.45) is 7.05 Å². The quantitative estimate of drug-likeness (QED) is 0.774. The van der Waals surface area contributed by atoms with Crippen LogP contribution < -0.4 is 4.74 Å². The van der Waals surface area contributed by atoms with E-state index in [1.807, 2.05) is 36.9 Å². The van der Waals surface area contributed by atoms with Gasteiger partial charge in [-0.3, -0.25) is 9.48 Å². The molecule has 4 nitrogen and oxygen atoms in total. The molecule has 0 N–H and O–H groups in total. The Balaban J connectivity index is 2.18. The Morgan fingerprint density at radius 1 is 1.42 bits per heavy atom. The Morgan fingerprint density at radius 2 is 2.21 bits per heavy atom. The summed E-state index contributed by atoms with van der Waals surface area (Å²) in [5, 5.41) is 4.37. The van der Waals surface area contributed by atoms with Crippen LogP contribution in [0.5, 0.6) is 5.75 Å². The smallest absolute Gasteiger partial charge is 0.153 e. The molecule has 0 amide bonds. The second-order valence-corrected chi connectivity index (χ2v) is 4.50. The second kappa shape index (κ2) is 5.69. The molecule has 0 aliphatic rings. The molecule has 19 heavy (non-hydrogen) atoms. The predicted octanol–water partition coefficient (Wildman–Crippen LogP) is 2.68. The van der Waals surface area contributed by atoms with Crippen LogP contribution in [0.3, 0.4) is 0 Å². The summed E-state index contributed by atoms with van der Waals surface area (Å²) in [6, 6.07) is 7.57. The number of rotatable bonds is 5. The first-order chi connectivity index (χ1) is 9.15. The van der Waals surface area contributed by atoms with Gasteiger partial charge in [0.05, 0.1) is 17.0 Å². The van der Waals surface area contributed by atoms with Gasteiger partial charge < -0.3 is 4.74 Å². The first kappa shape index (κ1) is 13.3. The van der Waals surface area contributed by atoms with Gasteiger partial charge in [-0.25, -0.2) is 0 Å². The summed E-state index contributed by atoms with van der Waals surface area (Å²) in [6.45, 7) is 4.41. The Bertz CT molecular complexity index is 588. The standard InChI is InChI=1S/C15H18N2O2/c1-4-13-8-14(17(3)16-13)10-19-15-11(2)6-5-7-12(15)9-18/h5-9H,4,10H2,1-3H3. The van der Waals surface area contributed by atoms with E-state index in [1.54, 1.807) is 6.07 Å². The molecular formula is C15H18N2O2. The summed E-state index contributed by atoms with van der Waals surface area (Å²) in [5.41, 5.74) is 3.58. The van der Waals surface area contributed by atoms with Crippen molar-refractivity contribution in [2.45, 2.75) is 26.9 Å². The lowest BCUT2D eigenvalue weighted by Gasteiger charge is -2.11. The van der Waals surface area contributed by atoms with E-state index < -0.39 is 0 Å². The SMILES string of the molecule is CCc1cc(COc2c(C)cccc2C=O)n(C)n1. The van der Waals surface area contributed by atoms with E-state index in [-0.39, 0.29) is 0 Å². The van der Waals surface area contributed by atoms with E-state index >= 15 is 0 Å². The van der Waals surface area contributed by atoms with E-state index in [1.165, 1.54) is 0 Å². The lowest BCUT2D eigenvalue weighted by atomic mass is 10.1. The summed E-state index contributed by atoms with van der Waals surface area (Å²) < 4.78 is 7.61. The number of carbonyl (C=O) groups is 1. The molecule has 1 aromatic carbocycles. The van der Waals surface area contributed by atoms with Crippen LogP contribution in [0.25, 0.3) is 0 Å². The van der Waals surface area contributed by atoms with Gasteiger partial charge in [0.2, 0.25) is 0 Å². The van der Waals surface area contributed by atoms with Gasteiger partial charge in [0, 0.05) is 7.05 Å². The third-order valence-electron chi connectivity index (χ3n) is 3.12. The maximum atomic E-state index is 11.0. The van der Waals surface area contributed by atoms with Gasteiger partial charge >= 0.3 is 0 Å². The molecule has 0 atom stereocenters. The molecule has 0 bridgehead atoms. The zero-order valence-corrected chi connectivity index (χ0v) is 11.5. The summed E-state index contributed by atoms with van der Waals surface area (Å²) in [5.74, 6) is 0.650. The monoisotopic (exact) mass is 258 g/mol. The number of aryl methyl sites for hydroxylation is 3. The molecule has 100 valence electrons. The number of hydrogen-bond donors (Lipinski definition) is 0. The minimum absolute atomic E-state index is 0.412. The van der Waals surface area contributed by atoms with Crippen molar-refractivity contribution in [1.29, 1.82) is 0 Å². The topological polar surface area (TPSA) is 44.1 Å². The van der Waals surface area contributed by atoms with Crippen molar-refractivity contribution in [2.75, 3.05) is 0 Å². The first-order valence-electron chi connectivity index (χ1n) is 6.35. The Kier molecular flexibility index (Phi) is 4.00. The zero-order chi connectivity index (χ0) is 13.8. The maximum absolute atomic E-state index is 11.0. The fourth-order valence-corrected chi connectivity index (χ4v) is 1.99. The lowest BCUT2D eigenvalue weighted by molar-refractivity contribution is 0.111. The molecule has 0 aliphatic carbocycles. The van der Waals surface area contributed by atoms with Gasteiger partial charge in [0.1, 0.15) is 12.4 Å². The number of carbonyl (C=O) groups excluding carboxylic acids is 1. The minimum atomic E-state index is 0.412. The van der Waals surface area contributed by atoms with Crippen molar-refractivity contribution in [1.82, 2.24) is 9.78 Å². The van der Waals surface area contributed by atoms with Crippen LogP contribution in [-0.2, 0) is 20.1 Å². The van der Waals surface area contributed by atoms with Gasteiger partial charge in [-0.15, -0.1) is 0 Å². The Morgan fingerprint density at radius 3 is 2.84 bits per heavy atom. The number of nitrogens with zero attached hydrogens (tertiary/aromatic N) is 2. The minimum Gasteiger partial charge on any atom is -0.486 e. The zero-order valence-electron chi connectivity index (χ0n) is 11.5. The van der Waals surface area contributed by atoms with E-state index in [9.17, 15) is 4.79 Å². The average Bonchev–Trinajstić information content (AvgIpc) is 2.77. The summed E-state index contributed by atoms with van der Waals surface area (Å²) in [6.07, 6.45) is 1.72. The summed E-state index contributed by atoms with van der Waals surface area (Å²) in [4.78, 5) is 11.0. The predicted molar refractivity (Wildman–Crippen MR) is 73.5 cm³/mol. The highest BCUT2D eigenvalue weighted by atomic mass is 16.5. The van der Waals surface area contributed by atoms with E-state index in [0.717, 1.165) is 29.7 Å². The van der Waals surface area contributed by atoms with Gasteiger partial charge in [-0.2, -0.15) is 5.10 Å².